The smallest absolute Gasteiger partial charge is 0.322 e. The molecule has 34 heteroatoms. The molecule has 0 spiro atoms. The molecule has 2 saturated heterocycles. The summed E-state index contributed by atoms with van der Waals surface area (Å²) in [5.41, 5.74) is 5.72. The highest BCUT2D eigenvalue weighted by Gasteiger charge is 2.46. The van der Waals surface area contributed by atoms with Gasteiger partial charge in [-0.2, -0.15) is 0 Å². The van der Waals surface area contributed by atoms with Crippen molar-refractivity contribution in [1.29, 1.82) is 0 Å². The molecule has 2 aliphatic rings. The van der Waals surface area contributed by atoms with Gasteiger partial charge in [-0.3, -0.25) is 76.7 Å². The van der Waals surface area contributed by atoms with Gasteiger partial charge in [-0.1, -0.05) is 66.7 Å². The third-order valence-electron chi connectivity index (χ3n) is 15.0. The van der Waals surface area contributed by atoms with Crippen LogP contribution >= 0.6 is 0 Å². The molecule has 2 heterocycles. The molecule has 0 aliphatic carbocycles. The van der Waals surface area contributed by atoms with Gasteiger partial charge >= 0.3 is 23.9 Å². The number of unbranched alkanes of at least 4 members (excludes halogenated alkanes) is 1. The molecule has 4 unspecified atom stereocenters. The highest BCUT2D eigenvalue weighted by Crippen LogP contribution is 2.26. The van der Waals surface area contributed by atoms with Crippen molar-refractivity contribution in [2.75, 3.05) is 26.2 Å². The van der Waals surface area contributed by atoms with E-state index in [4.69, 9.17) is 5.73 Å². The number of aliphatic hydroxyl groups excluding tert-OH is 1. The van der Waals surface area contributed by atoms with Crippen LogP contribution in [-0.2, 0) is 76.7 Å². The SMILES string of the molecule is CC(C)CC/C=C\C=C\C(=O)N[C@H](C(=O)N[C@@H]1C(=O)N[C@H](C(C)C)C(=O)N[C@@H](CCCCN)C(=O)N[C@@H](C(O)C(=O)NCC(=O)O)C(=O)N[C@@H](CC(=O)O)C(=O)NCC(=O)N[C@H](C(C)C(=O)O)C(=O)N[C@@H](C(C)C)C(=O)N2C[C@H](C)C[C@H]2C(=O)NC1C)C(C)C(=O)O. The van der Waals surface area contributed by atoms with E-state index in [0.717, 1.165) is 31.2 Å². The largest absolute Gasteiger partial charge is 0.481 e. The number of carbonyl (C=O) groups is 16. The Morgan fingerprint density at radius 2 is 1.23 bits per heavy atom. The van der Waals surface area contributed by atoms with Crippen molar-refractivity contribution < 1.29 is 102 Å². The van der Waals surface area contributed by atoms with Crippen molar-refractivity contribution in [2.24, 2.45) is 41.2 Å². The van der Waals surface area contributed by atoms with Crippen LogP contribution in [0.25, 0.3) is 0 Å². The van der Waals surface area contributed by atoms with Gasteiger partial charge in [0.05, 0.1) is 30.8 Å². The van der Waals surface area contributed by atoms with Crippen LogP contribution in [0.4, 0.5) is 0 Å². The summed E-state index contributed by atoms with van der Waals surface area (Å²) >= 11 is 0. The molecule has 0 saturated carbocycles. The average molecular weight is 1310 g/mol. The second-order valence-electron chi connectivity index (χ2n) is 23.9. The number of carboxylic acid groups (broad SMARTS) is 4. The molecule has 2 rings (SSSR count). The summed E-state index contributed by atoms with van der Waals surface area (Å²) in [4.78, 5) is 219. The number of nitrogens with zero attached hydrogens (tertiary/aromatic N) is 1. The maximum atomic E-state index is 14.9. The first kappa shape index (κ1) is 79.0. The van der Waals surface area contributed by atoms with Crippen molar-refractivity contribution in [3.8, 4) is 0 Å². The molecule has 0 radical (unpaired) electrons. The number of hydrogen-bond donors (Lipinski definition) is 17. The quantitative estimate of drug-likeness (QED) is 0.0245. The summed E-state index contributed by atoms with van der Waals surface area (Å²) in [5, 5.41) is 75.1. The lowest BCUT2D eigenvalue weighted by Crippen LogP contribution is -2.66. The van der Waals surface area contributed by atoms with Gasteiger partial charge < -0.3 is 94.7 Å². The van der Waals surface area contributed by atoms with Crippen molar-refractivity contribution in [1.82, 2.24) is 63.4 Å². The third-order valence-corrected chi connectivity index (χ3v) is 15.0. The summed E-state index contributed by atoms with van der Waals surface area (Å²) in [6.07, 6.45) is 3.00. The molecule has 0 bridgehead atoms. The zero-order valence-electron chi connectivity index (χ0n) is 53.2. The first-order valence-electron chi connectivity index (χ1n) is 30.1. The number of fused-ring (bicyclic) bond motifs is 1. The molecule has 18 N–H and O–H groups in total. The Kier molecular flexibility index (Phi) is 32.6. The Balaban J connectivity index is 3.02. The van der Waals surface area contributed by atoms with Gasteiger partial charge in [0.2, 0.25) is 65.0 Å². The predicted octanol–water partition coefficient (Wildman–Crippen LogP) is -4.80. The summed E-state index contributed by atoms with van der Waals surface area (Å²) in [7, 11) is 0. The molecule has 12 amide bonds. The molecule has 0 aromatic heterocycles. The van der Waals surface area contributed by atoms with Gasteiger partial charge in [0, 0.05) is 12.6 Å². The maximum Gasteiger partial charge on any atom is 0.322 e. The predicted molar refractivity (Wildman–Crippen MR) is 323 cm³/mol. The number of carboxylic acids is 4. The van der Waals surface area contributed by atoms with Crippen LogP contribution in [-0.4, -0.2) is 218 Å². The number of rotatable bonds is 24. The van der Waals surface area contributed by atoms with Crippen molar-refractivity contribution in [3.63, 3.8) is 0 Å². The molecule has 14 atom stereocenters. The Labute approximate surface area is 531 Å². The van der Waals surface area contributed by atoms with Crippen molar-refractivity contribution >= 4 is 94.8 Å². The van der Waals surface area contributed by atoms with E-state index in [1.165, 1.54) is 40.7 Å². The van der Waals surface area contributed by atoms with Crippen molar-refractivity contribution in [2.45, 2.75) is 181 Å². The number of aliphatic carboxylic acids is 4. The van der Waals surface area contributed by atoms with Crippen LogP contribution in [0.2, 0.25) is 0 Å². The van der Waals surface area contributed by atoms with E-state index in [0.29, 0.717) is 12.3 Å². The Hall–Kier alpha value is -9.08. The van der Waals surface area contributed by atoms with Gasteiger partial charge in [-0.05, 0) is 89.5 Å². The highest BCUT2D eigenvalue weighted by molar-refractivity contribution is 6.02. The monoisotopic (exact) mass is 1310 g/mol. The molecular formula is C58H91N13O21. The Morgan fingerprint density at radius 1 is 0.641 bits per heavy atom. The molecule has 2 aliphatic heterocycles. The number of hydrogen-bond acceptors (Lipinski definition) is 18. The second kappa shape index (κ2) is 37.9. The molecule has 2 fully saturated rings. The minimum atomic E-state index is -2.76. The van der Waals surface area contributed by atoms with Crippen LogP contribution < -0.4 is 64.2 Å². The topological polar surface area (TPSA) is 536 Å². The summed E-state index contributed by atoms with van der Waals surface area (Å²) in [6, 6.07) is -18.8. The van der Waals surface area contributed by atoms with Crippen molar-refractivity contribution in [3.05, 3.63) is 24.3 Å². The van der Waals surface area contributed by atoms with Crippen LogP contribution in [0.1, 0.15) is 114 Å². The standard InChI is InChI=1S/C58H91N13O21/c1-26(2)17-13-11-12-14-19-36(72)65-42(30(8)57(89)90)52(84)69-44-32(10)62-49(81)35-21-29(7)25-71(35)56(88)41(28(5)6)68-51(83)43(31(9)58(91)92)66-37(73)23-60-47(79)34(22-38(74)75)64-54(86)45(46(78)55(87)61-24-39(76)77)70-48(80)33(18-15-16-20-59)63-50(82)40(27(3)4)67-53(44)85/h11-12,14,19,26-35,40-46,78H,13,15-18,20-25,59H2,1-10H3,(H,60,79)(H,61,87)(H,62,81)(H,63,82)(H,64,86)(H,65,72)(H,66,73)(H,67,85)(H,68,83)(H,69,84)(H,70,80)(H,74,75)(H,76,77)(H,89,90)(H,91,92)/b12-11-,19-14+/t29-,30?,31?,32?,33+,34+,35+,40-,41+,42+,43-,44+,45+,46?/m1/s1. The fourth-order valence-corrected chi connectivity index (χ4v) is 9.53. The first-order chi connectivity index (χ1) is 42.9. The lowest BCUT2D eigenvalue weighted by atomic mass is 9.97. The zero-order chi connectivity index (χ0) is 70.0. The lowest BCUT2D eigenvalue weighted by molar-refractivity contribution is -0.147. The van der Waals surface area contributed by atoms with Gasteiger partial charge in [0.1, 0.15) is 60.9 Å². The number of allylic oxidation sites excluding steroid dienone is 3. The van der Waals surface area contributed by atoms with Gasteiger partial charge in [-0.15, -0.1) is 0 Å². The van der Waals surface area contributed by atoms with E-state index in [2.05, 4.69) is 42.5 Å². The van der Waals surface area contributed by atoms with Gasteiger partial charge in [-0.25, -0.2) is 0 Å². The number of nitrogens with one attached hydrogen (secondary N) is 11. The van der Waals surface area contributed by atoms with E-state index >= 15 is 0 Å². The average Bonchev–Trinajstić information content (AvgIpc) is 1.58. The van der Waals surface area contributed by atoms with Crippen LogP contribution in [0.5, 0.6) is 0 Å². The normalized spacial score (nSPS) is 25.2. The number of carbonyl (C=O) groups excluding carboxylic acids is 12. The van der Waals surface area contributed by atoms with Crippen LogP contribution in [0.3, 0.4) is 0 Å². The fourth-order valence-electron chi connectivity index (χ4n) is 9.53. The maximum absolute atomic E-state index is 14.9. The lowest BCUT2D eigenvalue weighted by Gasteiger charge is -2.34. The molecular weight excluding hydrogens is 1210 g/mol. The molecule has 0 aromatic rings. The van der Waals surface area contributed by atoms with Crippen LogP contribution in [0.15, 0.2) is 24.3 Å². The van der Waals surface area contributed by atoms with E-state index in [-0.39, 0.29) is 38.8 Å². The van der Waals surface area contributed by atoms with Crippen LogP contribution in [0, 0.1) is 35.5 Å². The van der Waals surface area contributed by atoms with E-state index in [1.54, 1.807) is 24.4 Å². The molecule has 0 aromatic carbocycles. The zero-order valence-corrected chi connectivity index (χ0v) is 53.2. The van der Waals surface area contributed by atoms with E-state index in [1.807, 2.05) is 24.5 Å². The van der Waals surface area contributed by atoms with Gasteiger partial charge in [0.15, 0.2) is 6.10 Å². The summed E-state index contributed by atoms with van der Waals surface area (Å²) < 4.78 is 0. The molecule has 514 valence electrons. The second-order valence-corrected chi connectivity index (χ2v) is 23.9. The summed E-state index contributed by atoms with van der Waals surface area (Å²) in [5.74, 6) is -27.1. The number of nitrogens with two attached hydrogens (primary N) is 1. The summed E-state index contributed by atoms with van der Waals surface area (Å²) in [6.45, 7) is 12.5. The number of amides is 12. The third kappa shape index (κ3) is 25.3. The highest BCUT2D eigenvalue weighted by atomic mass is 16.4. The number of aliphatic hydroxyl groups is 1. The van der Waals surface area contributed by atoms with E-state index in [9.17, 15) is 102 Å². The first-order valence-corrected chi connectivity index (χ1v) is 30.1. The van der Waals surface area contributed by atoms with Gasteiger partial charge in [0.25, 0.3) is 5.91 Å². The minimum Gasteiger partial charge on any atom is -0.481 e. The fraction of sp³-hybridized carbons (Fsp3) is 0.655. The Bertz CT molecular complexity index is 2770. The molecule has 92 heavy (non-hydrogen) atoms. The molecule has 34 nitrogen and oxygen atoms in total. The Morgan fingerprint density at radius 3 is 1.79 bits per heavy atom. The minimum absolute atomic E-state index is 0.0311. The van der Waals surface area contributed by atoms with E-state index < -0.39 is 210 Å².